The maximum atomic E-state index is 11.5. The minimum Gasteiger partial charge on any atom is -0.481 e. The number of fused-ring (bicyclic) bond motifs is 1. The lowest BCUT2D eigenvalue weighted by molar-refractivity contribution is -0.139. The zero-order valence-electron chi connectivity index (χ0n) is 20.2. The largest absolute Gasteiger partial charge is 0.481 e. The molecule has 0 radical (unpaired) electrons. The van der Waals surface area contributed by atoms with Gasteiger partial charge in [-0.2, -0.15) is 0 Å². The van der Waals surface area contributed by atoms with Crippen LogP contribution >= 0.6 is 0 Å². The molecule has 208 valence electrons. The third-order valence-corrected chi connectivity index (χ3v) is 4.91. The van der Waals surface area contributed by atoms with Crippen molar-refractivity contribution in [2.45, 2.75) is 63.2 Å². The number of nitrogens with zero attached hydrogens (tertiary/aromatic N) is 4. The summed E-state index contributed by atoms with van der Waals surface area (Å²) in [5.74, 6) is -1.70. The Morgan fingerprint density at radius 2 is 1.92 bits per heavy atom. The monoisotopic (exact) mass is 530 g/mol. The highest BCUT2D eigenvalue weighted by Crippen LogP contribution is 2.30. The molecule has 3 rings (SSSR count). The third-order valence-electron chi connectivity index (χ3n) is 4.91. The zero-order valence-corrected chi connectivity index (χ0v) is 20.2. The highest BCUT2D eigenvalue weighted by Gasteiger charge is 2.43. The fraction of sp³-hybridized carbons (Fsp3) is 0.600. The van der Waals surface area contributed by atoms with E-state index in [0.717, 1.165) is 6.42 Å². The molecule has 12 N–H and O–H groups in total. The molecule has 0 saturated carbocycles. The quantitative estimate of drug-likeness (QED) is 0.0889. The second-order valence-electron chi connectivity index (χ2n) is 7.82. The first-order chi connectivity index (χ1) is 17.4. The van der Waals surface area contributed by atoms with Gasteiger partial charge in [0.2, 0.25) is 0 Å². The lowest BCUT2D eigenvalue weighted by Crippen LogP contribution is -2.33. The summed E-state index contributed by atoms with van der Waals surface area (Å²) in [6.07, 6.45) is 0.195. The number of carbonyl (C=O) groups is 2. The van der Waals surface area contributed by atoms with Crippen LogP contribution in [0.25, 0.3) is 11.2 Å². The van der Waals surface area contributed by atoms with E-state index in [4.69, 9.17) is 37.3 Å². The molecule has 37 heavy (non-hydrogen) atoms. The van der Waals surface area contributed by atoms with Crippen LogP contribution in [0.2, 0.25) is 0 Å². The first-order valence-corrected chi connectivity index (χ1v) is 11.2. The van der Waals surface area contributed by atoms with Gasteiger partial charge in [0, 0.05) is 13.0 Å². The zero-order chi connectivity index (χ0) is 28.1. The van der Waals surface area contributed by atoms with Crippen LogP contribution in [0.5, 0.6) is 0 Å². The van der Waals surface area contributed by atoms with Gasteiger partial charge in [0.05, 0.1) is 19.3 Å². The number of aliphatic hydroxyl groups is 3. The predicted octanol–water partition coefficient (Wildman–Crippen LogP) is -2.95. The molecule has 2 aromatic rings. The number of carboxylic acid groups (broad SMARTS) is 2. The number of nitrogens with two attached hydrogens (primary N) is 3. The lowest BCUT2D eigenvalue weighted by Gasteiger charge is -2.16. The summed E-state index contributed by atoms with van der Waals surface area (Å²) in [6.45, 7) is 1.84. The lowest BCUT2D eigenvalue weighted by atomic mass is 10.1. The molecular formula is C20H34N8O9. The number of aliphatic imine (C=N–C) groups is 1. The van der Waals surface area contributed by atoms with Crippen molar-refractivity contribution >= 4 is 29.1 Å². The van der Waals surface area contributed by atoms with Gasteiger partial charge in [-0.1, -0.05) is 6.92 Å². The number of ether oxygens (including phenoxy) is 1. The second kappa shape index (κ2) is 15.5. The average Bonchev–Trinajstić information content (AvgIpc) is 3.39. The molecule has 0 bridgehead atoms. The summed E-state index contributed by atoms with van der Waals surface area (Å²) in [5, 5.41) is 44.9. The molecule has 0 amide bonds. The van der Waals surface area contributed by atoms with Crippen LogP contribution in [-0.2, 0) is 14.3 Å². The highest BCUT2D eigenvalue weighted by atomic mass is 16.6. The van der Waals surface area contributed by atoms with Crippen molar-refractivity contribution in [1.29, 1.82) is 0 Å². The van der Waals surface area contributed by atoms with E-state index in [0.29, 0.717) is 25.8 Å². The number of aliphatic carboxylic acids is 2. The molecule has 3 heterocycles. The Morgan fingerprint density at radius 1 is 1.24 bits per heavy atom. The number of H-pyrrole nitrogens is 1. The maximum absolute atomic E-state index is 11.5. The van der Waals surface area contributed by atoms with Gasteiger partial charge in [-0.05, 0) is 19.3 Å². The molecule has 1 fully saturated rings. The Bertz CT molecular complexity index is 1090. The van der Waals surface area contributed by atoms with E-state index in [-0.39, 0.29) is 17.1 Å². The number of aromatic amines is 1. The van der Waals surface area contributed by atoms with Crippen molar-refractivity contribution in [2.75, 3.05) is 13.2 Å². The van der Waals surface area contributed by atoms with Gasteiger partial charge >= 0.3 is 11.9 Å². The van der Waals surface area contributed by atoms with Gasteiger partial charge in [0.1, 0.15) is 24.4 Å². The molecular weight excluding hydrogens is 496 g/mol. The van der Waals surface area contributed by atoms with E-state index in [1.807, 2.05) is 6.92 Å². The number of hydrogen-bond acceptors (Lipinski definition) is 11. The number of rotatable bonds is 9. The van der Waals surface area contributed by atoms with Gasteiger partial charge < -0.3 is 52.5 Å². The van der Waals surface area contributed by atoms with E-state index in [9.17, 15) is 24.6 Å². The topological polar surface area (TPSA) is 299 Å². The minimum atomic E-state index is -1.24. The molecule has 0 spiro atoms. The summed E-state index contributed by atoms with van der Waals surface area (Å²) in [5.41, 5.74) is 15.3. The summed E-state index contributed by atoms with van der Waals surface area (Å²) < 4.78 is 6.70. The van der Waals surface area contributed by atoms with Crippen LogP contribution in [-0.4, -0.2) is 100 Å². The fourth-order valence-corrected chi connectivity index (χ4v) is 3.02. The van der Waals surface area contributed by atoms with Gasteiger partial charge in [-0.15, -0.1) is 0 Å². The molecule has 0 aromatic carbocycles. The summed E-state index contributed by atoms with van der Waals surface area (Å²) in [6, 6.07) is -0.820. The number of aliphatic hydroxyl groups excluding tert-OH is 3. The molecule has 0 aliphatic carbocycles. The van der Waals surface area contributed by atoms with Gasteiger partial charge in [0.25, 0.3) is 5.56 Å². The van der Waals surface area contributed by atoms with Crippen molar-refractivity contribution < 1.29 is 39.9 Å². The van der Waals surface area contributed by atoms with Crippen molar-refractivity contribution in [3.8, 4) is 0 Å². The molecule has 17 nitrogen and oxygen atoms in total. The van der Waals surface area contributed by atoms with E-state index in [1.54, 1.807) is 0 Å². The molecule has 1 aliphatic rings. The third kappa shape index (κ3) is 9.73. The first kappa shape index (κ1) is 31.4. The van der Waals surface area contributed by atoms with E-state index in [2.05, 4.69) is 19.9 Å². The van der Waals surface area contributed by atoms with Crippen LogP contribution in [0.1, 0.15) is 38.8 Å². The Balaban J connectivity index is 0.000000327. The molecule has 5 atom stereocenters. The van der Waals surface area contributed by atoms with E-state index >= 15 is 0 Å². The van der Waals surface area contributed by atoms with Crippen LogP contribution in [0, 0.1) is 0 Å². The van der Waals surface area contributed by atoms with Gasteiger partial charge in [-0.25, -0.2) is 9.97 Å². The fourth-order valence-electron chi connectivity index (χ4n) is 3.02. The Hall–Kier alpha value is -3.64. The number of guanidine groups is 1. The van der Waals surface area contributed by atoms with Crippen molar-refractivity contribution in [3.05, 3.63) is 23.0 Å². The average molecular weight is 531 g/mol. The number of nitrogens with one attached hydrogen (secondary N) is 1. The number of imidazole rings is 1. The van der Waals surface area contributed by atoms with Gasteiger partial charge in [-0.3, -0.25) is 23.9 Å². The molecule has 2 aromatic heterocycles. The summed E-state index contributed by atoms with van der Waals surface area (Å²) in [7, 11) is 0. The maximum Gasteiger partial charge on any atom is 0.320 e. The predicted molar refractivity (Wildman–Crippen MR) is 129 cm³/mol. The van der Waals surface area contributed by atoms with Crippen molar-refractivity contribution in [1.82, 2.24) is 19.5 Å². The highest BCUT2D eigenvalue weighted by molar-refractivity contribution is 5.75. The number of hydrogen-bond donors (Lipinski definition) is 9. The minimum absolute atomic E-state index is 0.0129. The standard InChI is InChI=1S/C10H12N4O5.C6H14N4O2.C4H8O2/c15-1-4-6(16)7(17)10(19-4)14-3-13-5-8(14)11-2-12-9(5)18;7-4(5(11)12)2-1-3-10-6(8)9;1-2-3-4(5)6/h2-4,6-7,10,15-17H,1H2,(H,11,12,18);4H,1-3,7H2,(H,11,12)(H4,8,9,10);2-3H2,1H3,(H,5,6)/t4-,6-,7-,10-;;/m1../s1. The van der Waals surface area contributed by atoms with Crippen LogP contribution in [0.15, 0.2) is 22.4 Å². The van der Waals surface area contributed by atoms with Gasteiger partial charge in [0.15, 0.2) is 23.4 Å². The smallest absolute Gasteiger partial charge is 0.320 e. The summed E-state index contributed by atoms with van der Waals surface area (Å²) in [4.78, 5) is 45.2. The second-order valence-corrected chi connectivity index (χ2v) is 7.82. The number of aromatic nitrogens is 4. The Kier molecular flexibility index (Phi) is 13.1. The van der Waals surface area contributed by atoms with Crippen molar-refractivity contribution in [3.63, 3.8) is 0 Å². The van der Waals surface area contributed by atoms with Crippen molar-refractivity contribution in [2.24, 2.45) is 22.2 Å². The SMILES string of the molecule is CCCC(=O)O.NC(N)=NCCCC(N)C(=O)O.O=c1[nH]cnc2c1ncn2[C@@H]1O[C@H](CO)[C@@H](O)[C@H]1O. The summed E-state index contributed by atoms with van der Waals surface area (Å²) >= 11 is 0. The van der Waals surface area contributed by atoms with Crippen LogP contribution < -0.4 is 22.8 Å². The normalized spacial score (nSPS) is 21.2. The van der Waals surface area contributed by atoms with E-state index in [1.165, 1.54) is 17.2 Å². The Labute approximate surface area is 210 Å². The molecule has 1 unspecified atom stereocenters. The molecule has 1 aliphatic heterocycles. The van der Waals surface area contributed by atoms with E-state index < -0.39 is 54.7 Å². The molecule has 17 heteroatoms. The number of carboxylic acids is 2. The van der Waals surface area contributed by atoms with Crippen LogP contribution in [0.4, 0.5) is 0 Å². The Morgan fingerprint density at radius 3 is 2.41 bits per heavy atom. The molecule has 1 saturated heterocycles. The van der Waals surface area contributed by atoms with Crippen LogP contribution in [0.3, 0.4) is 0 Å². The first-order valence-electron chi connectivity index (χ1n) is 11.2.